The summed E-state index contributed by atoms with van der Waals surface area (Å²) in [5, 5.41) is 10.5. The van der Waals surface area contributed by atoms with Crippen molar-refractivity contribution in [3.8, 4) is 0 Å². The van der Waals surface area contributed by atoms with Crippen molar-refractivity contribution in [2.45, 2.75) is 77.2 Å². The van der Waals surface area contributed by atoms with Crippen LogP contribution in [0.25, 0.3) is 0 Å². The number of hydrogen-bond donors (Lipinski definition) is 1. The van der Waals surface area contributed by atoms with E-state index in [9.17, 15) is 5.11 Å². The molecule has 0 amide bonds. The highest BCUT2D eigenvalue weighted by molar-refractivity contribution is 5.26. The predicted molar refractivity (Wildman–Crippen MR) is 85.9 cm³/mol. The average Bonchev–Trinajstić information content (AvgIpc) is 2.75. The topological polar surface area (TPSA) is 20.2 Å². The first-order valence-corrected chi connectivity index (χ1v) is 8.48. The minimum atomic E-state index is -0.274. The van der Waals surface area contributed by atoms with Crippen molar-refractivity contribution in [1.82, 2.24) is 0 Å². The number of benzene rings is 1. The van der Waals surface area contributed by atoms with Crippen LogP contribution in [0, 0.1) is 5.92 Å². The van der Waals surface area contributed by atoms with Crippen molar-refractivity contribution in [1.29, 1.82) is 0 Å². The van der Waals surface area contributed by atoms with Gasteiger partial charge in [-0.2, -0.15) is 0 Å². The normalized spacial score (nSPS) is 20.4. The monoisotopic (exact) mass is 274 g/mol. The molecule has 0 aliphatic heterocycles. The fourth-order valence-electron chi connectivity index (χ4n) is 3.33. The van der Waals surface area contributed by atoms with Crippen molar-refractivity contribution >= 4 is 0 Å². The molecule has 2 unspecified atom stereocenters. The molecule has 2 atom stereocenters. The van der Waals surface area contributed by atoms with Crippen LogP contribution < -0.4 is 0 Å². The molecule has 1 saturated carbocycles. The highest BCUT2D eigenvalue weighted by Crippen LogP contribution is 2.31. The van der Waals surface area contributed by atoms with E-state index in [1.165, 1.54) is 50.5 Å². The average molecular weight is 274 g/mol. The summed E-state index contributed by atoms with van der Waals surface area (Å²) in [5.74, 6) is 1.34. The Morgan fingerprint density at radius 3 is 2.10 bits per heavy atom. The van der Waals surface area contributed by atoms with Gasteiger partial charge in [-0.15, -0.1) is 0 Å². The molecular weight excluding hydrogens is 244 g/mol. The van der Waals surface area contributed by atoms with Gasteiger partial charge in [0.1, 0.15) is 0 Å². The van der Waals surface area contributed by atoms with Gasteiger partial charge in [-0.3, -0.25) is 0 Å². The van der Waals surface area contributed by atoms with Crippen LogP contribution in [0.5, 0.6) is 0 Å². The third kappa shape index (κ3) is 4.34. The number of aliphatic hydroxyl groups is 1. The van der Waals surface area contributed by atoms with Crippen LogP contribution in [0.15, 0.2) is 24.3 Å². The number of hydrogen-bond acceptors (Lipinski definition) is 1. The van der Waals surface area contributed by atoms with E-state index in [-0.39, 0.29) is 6.10 Å². The van der Waals surface area contributed by atoms with Gasteiger partial charge in [0, 0.05) is 0 Å². The number of rotatable bonds is 5. The van der Waals surface area contributed by atoms with E-state index < -0.39 is 0 Å². The standard InChI is InChI=1S/C19H30O/c1-3-15(2)17-10-12-18(13-11-17)19(20)14-16-8-6-4-5-7-9-16/h10-13,15-16,19-20H,3-9,14H2,1-2H3. The van der Waals surface area contributed by atoms with Crippen LogP contribution >= 0.6 is 0 Å². The predicted octanol–water partition coefficient (Wildman–Crippen LogP) is 5.59. The van der Waals surface area contributed by atoms with Crippen LogP contribution in [0.2, 0.25) is 0 Å². The minimum absolute atomic E-state index is 0.274. The first-order valence-electron chi connectivity index (χ1n) is 8.48. The summed E-state index contributed by atoms with van der Waals surface area (Å²) in [6, 6.07) is 8.64. The van der Waals surface area contributed by atoms with E-state index >= 15 is 0 Å². The van der Waals surface area contributed by atoms with Gasteiger partial charge in [-0.05, 0) is 35.8 Å². The Kier molecular flexibility index (Phi) is 6.09. The maximum atomic E-state index is 10.5. The molecular formula is C19H30O. The summed E-state index contributed by atoms with van der Waals surface area (Å²) in [5.41, 5.74) is 2.49. The summed E-state index contributed by atoms with van der Waals surface area (Å²) < 4.78 is 0. The maximum Gasteiger partial charge on any atom is 0.0792 e. The maximum absolute atomic E-state index is 10.5. The van der Waals surface area contributed by atoms with Crippen LogP contribution in [-0.4, -0.2) is 5.11 Å². The molecule has 1 fully saturated rings. The lowest BCUT2D eigenvalue weighted by molar-refractivity contribution is 0.139. The third-order valence-corrected chi connectivity index (χ3v) is 5.03. The Morgan fingerprint density at radius 2 is 1.55 bits per heavy atom. The molecule has 0 aromatic heterocycles. The third-order valence-electron chi connectivity index (χ3n) is 5.03. The molecule has 0 radical (unpaired) electrons. The summed E-state index contributed by atoms with van der Waals surface area (Å²) >= 11 is 0. The van der Waals surface area contributed by atoms with Gasteiger partial charge in [-0.25, -0.2) is 0 Å². The van der Waals surface area contributed by atoms with Crippen molar-refractivity contribution in [3.63, 3.8) is 0 Å². The Balaban J connectivity index is 1.92. The molecule has 1 aromatic rings. The molecule has 0 bridgehead atoms. The molecule has 0 heterocycles. The van der Waals surface area contributed by atoms with Crippen molar-refractivity contribution in [2.75, 3.05) is 0 Å². The lowest BCUT2D eigenvalue weighted by Crippen LogP contribution is -2.07. The van der Waals surface area contributed by atoms with E-state index in [0.717, 1.165) is 17.9 Å². The highest BCUT2D eigenvalue weighted by Gasteiger charge is 2.17. The largest absolute Gasteiger partial charge is 0.388 e. The Hall–Kier alpha value is -0.820. The second-order valence-electron chi connectivity index (χ2n) is 6.59. The van der Waals surface area contributed by atoms with Crippen LogP contribution in [0.4, 0.5) is 0 Å². The quantitative estimate of drug-likeness (QED) is 0.693. The van der Waals surface area contributed by atoms with Crippen molar-refractivity contribution < 1.29 is 5.11 Å². The van der Waals surface area contributed by atoms with Crippen LogP contribution in [0.1, 0.15) is 88.4 Å². The molecule has 0 saturated heterocycles. The van der Waals surface area contributed by atoms with Gasteiger partial charge in [0.15, 0.2) is 0 Å². The van der Waals surface area contributed by atoms with E-state index in [1.54, 1.807) is 0 Å². The summed E-state index contributed by atoms with van der Waals surface area (Å²) in [6.45, 7) is 4.48. The van der Waals surface area contributed by atoms with E-state index in [0.29, 0.717) is 5.92 Å². The van der Waals surface area contributed by atoms with Crippen LogP contribution in [0.3, 0.4) is 0 Å². The zero-order chi connectivity index (χ0) is 14.4. The summed E-state index contributed by atoms with van der Waals surface area (Å²) in [4.78, 5) is 0. The van der Waals surface area contributed by atoms with Gasteiger partial charge >= 0.3 is 0 Å². The lowest BCUT2D eigenvalue weighted by atomic mass is 9.90. The molecule has 1 aliphatic carbocycles. The zero-order valence-corrected chi connectivity index (χ0v) is 13.1. The van der Waals surface area contributed by atoms with Gasteiger partial charge in [0.05, 0.1) is 6.10 Å². The lowest BCUT2D eigenvalue weighted by Gasteiger charge is -2.19. The molecule has 0 spiro atoms. The van der Waals surface area contributed by atoms with Gasteiger partial charge in [0.2, 0.25) is 0 Å². The summed E-state index contributed by atoms with van der Waals surface area (Å²) in [7, 11) is 0. The Labute approximate surface area is 124 Å². The molecule has 1 N–H and O–H groups in total. The Bertz CT molecular complexity index is 373. The van der Waals surface area contributed by atoms with Crippen molar-refractivity contribution in [2.24, 2.45) is 5.92 Å². The highest BCUT2D eigenvalue weighted by atomic mass is 16.3. The molecule has 1 aromatic carbocycles. The Morgan fingerprint density at radius 1 is 1.00 bits per heavy atom. The molecule has 2 rings (SSSR count). The van der Waals surface area contributed by atoms with Gasteiger partial charge in [-0.1, -0.05) is 76.6 Å². The SMILES string of the molecule is CCC(C)c1ccc(C(O)CC2CCCCCC2)cc1. The van der Waals surface area contributed by atoms with Crippen molar-refractivity contribution in [3.05, 3.63) is 35.4 Å². The second-order valence-corrected chi connectivity index (χ2v) is 6.59. The van der Waals surface area contributed by atoms with E-state index in [1.807, 2.05) is 0 Å². The second kappa shape index (κ2) is 7.83. The van der Waals surface area contributed by atoms with E-state index in [4.69, 9.17) is 0 Å². The van der Waals surface area contributed by atoms with Gasteiger partial charge < -0.3 is 5.11 Å². The zero-order valence-electron chi connectivity index (χ0n) is 13.1. The molecule has 1 aliphatic rings. The molecule has 20 heavy (non-hydrogen) atoms. The first kappa shape index (κ1) is 15.6. The molecule has 1 heteroatoms. The first-order chi connectivity index (χ1) is 9.70. The van der Waals surface area contributed by atoms with E-state index in [2.05, 4.69) is 38.1 Å². The fraction of sp³-hybridized carbons (Fsp3) is 0.684. The number of aliphatic hydroxyl groups excluding tert-OH is 1. The summed E-state index contributed by atoms with van der Waals surface area (Å²) in [6.07, 6.45) is 9.93. The molecule has 1 nitrogen and oxygen atoms in total. The minimum Gasteiger partial charge on any atom is -0.388 e. The molecule has 112 valence electrons. The van der Waals surface area contributed by atoms with Gasteiger partial charge in [0.25, 0.3) is 0 Å². The smallest absolute Gasteiger partial charge is 0.0792 e. The van der Waals surface area contributed by atoms with Crippen LogP contribution in [-0.2, 0) is 0 Å². The fourth-order valence-corrected chi connectivity index (χ4v) is 3.33.